The van der Waals surface area contributed by atoms with E-state index >= 15 is 0 Å². The van der Waals surface area contributed by atoms with Crippen LogP contribution in [0.2, 0.25) is 4.34 Å². The van der Waals surface area contributed by atoms with E-state index in [0.29, 0.717) is 0 Å². The van der Waals surface area contributed by atoms with E-state index in [1.54, 1.807) is 11.3 Å². The van der Waals surface area contributed by atoms with E-state index in [4.69, 9.17) is 11.6 Å². The first-order valence-electron chi connectivity index (χ1n) is 2.67. The predicted molar refractivity (Wildman–Crippen MR) is 46.4 cm³/mol. The van der Waals surface area contributed by atoms with Gasteiger partial charge in [0.1, 0.15) is 4.34 Å². The van der Waals surface area contributed by atoms with Gasteiger partial charge in [0.2, 0.25) is 0 Å². The van der Waals surface area contributed by atoms with Gasteiger partial charge < -0.3 is 0 Å². The summed E-state index contributed by atoms with van der Waals surface area (Å²) in [6.45, 7) is 2.12. The maximum absolute atomic E-state index is 5.78. The van der Waals surface area contributed by atoms with Gasteiger partial charge in [-0.15, -0.1) is 11.3 Å². The Hall–Kier alpha value is 0.470. The van der Waals surface area contributed by atoms with Crippen LogP contribution in [-0.2, 0) is 6.42 Å². The third-order valence-corrected chi connectivity index (χ3v) is 3.66. The number of hydrogen-bond donors (Lipinski definition) is 0. The summed E-state index contributed by atoms with van der Waals surface area (Å²) < 4.78 is 1.87. The van der Waals surface area contributed by atoms with Crippen LogP contribution in [0.25, 0.3) is 0 Å². The molecular formula is C6H6BrClS. The summed E-state index contributed by atoms with van der Waals surface area (Å²) in [4.78, 5) is 1.33. The van der Waals surface area contributed by atoms with Gasteiger partial charge in [-0.25, -0.2) is 0 Å². The van der Waals surface area contributed by atoms with Crippen LogP contribution in [0.3, 0.4) is 0 Å². The Morgan fingerprint density at radius 2 is 2.44 bits per heavy atom. The standard InChI is InChI=1S/C6H6BrClS/c1-2-4-3-5(7)6(8)9-4/h3H,2H2,1H3. The molecule has 1 aromatic rings. The third kappa shape index (κ3) is 1.69. The van der Waals surface area contributed by atoms with Crippen molar-refractivity contribution >= 4 is 38.9 Å². The lowest BCUT2D eigenvalue weighted by Crippen LogP contribution is -1.64. The highest BCUT2D eigenvalue weighted by molar-refractivity contribution is 9.10. The number of hydrogen-bond acceptors (Lipinski definition) is 1. The molecule has 9 heavy (non-hydrogen) atoms. The fourth-order valence-corrected chi connectivity index (χ4v) is 2.30. The summed E-state index contributed by atoms with van der Waals surface area (Å²) in [5, 5.41) is 0. The normalized spacial score (nSPS) is 10.1. The molecule has 0 aliphatic rings. The van der Waals surface area contributed by atoms with Crippen molar-refractivity contribution in [2.45, 2.75) is 13.3 Å². The molecule has 50 valence electrons. The van der Waals surface area contributed by atoms with Crippen molar-refractivity contribution in [1.29, 1.82) is 0 Å². The molecule has 0 spiro atoms. The Bertz CT molecular complexity index is 187. The highest BCUT2D eigenvalue weighted by atomic mass is 79.9. The zero-order chi connectivity index (χ0) is 6.85. The molecule has 0 saturated carbocycles. The molecule has 0 atom stereocenters. The van der Waals surface area contributed by atoms with E-state index in [-0.39, 0.29) is 0 Å². The maximum Gasteiger partial charge on any atom is 0.107 e. The number of rotatable bonds is 1. The van der Waals surface area contributed by atoms with Crippen molar-refractivity contribution in [3.63, 3.8) is 0 Å². The minimum atomic E-state index is 0.854. The molecule has 0 N–H and O–H groups in total. The van der Waals surface area contributed by atoms with Crippen LogP contribution in [-0.4, -0.2) is 0 Å². The molecule has 1 aromatic heterocycles. The second-order valence-corrected chi connectivity index (χ2v) is 4.28. The SMILES string of the molecule is CCc1cc(Br)c(Cl)s1. The quantitative estimate of drug-likeness (QED) is 0.683. The van der Waals surface area contributed by atoms with Crippen LogP contribution in [0, 0.1) is 0 Å². The minimum Gasteiger partial charge on any atom is -0.127 e. The molecule has 0 bridgehead atoms. The van der Waals surface area contributed by atoms with Crippen molar-refractivity contribution in [1.82, 2.24) is 0 Å². The lowest BCUT2D eigenvalue weighted by Gasteiger charge is -1.79. The molecule has 0 unspecified atom stereocenters. The summed E-state index contributed by atoms with van der Waals surface area (Å²) in [6, 6.07) is 2.06. The van der Waals surface area contributed by atoms with Crippen LogP contribution in [0.1, 0.15) is 11.8 Å². The third-order valence-electron chi connectivity index (χ3n) is 1.04. The molecule has 0 aromatic carbocycles. The highest BCUT2D eigenvalue weighted by Gasteiger charge is 2.00. The van der Waals surface area contributed by atoms with Crippen molar-refractivity contribution in [3.8, 4) is 0 Å². The zero-order valence-electron chi connectivity index (χ0n) is 4.95. The number of halogens is 2. The van der Waals surface area contributed by atoms with E-state index in [9.17, 15) is 0 Å². The lowest BCUT2D eigenvalue weighted by molar-refractivity contribution is 1.18. The molecule has 0 radical (unpaired) electrons. The van der Waals surface area contributed by atoms with Gasteiger partial charge in [0, 0.05) is 9.35 Å². The van der Waals surface area contributed by atoms with Crippen LogP contribution in [0.4, 0.5) is 0 Å². The molecule has 1 heterocycles. The van der Waals surface area contributed by atoms with Crippen LogP contribution in [0.15, 0.2) is 10.5 Å². The highest BCUT2D eigenvalue weighted by Crippen LogP contribution is 2.31. The van der Waals surface area contributed by atoms with Gasteiger partial charge >= 0.3 is 0 Å². The predicted octanol–water partition coefficient (Wildman–Crippen LogP) is 3.73. The average molecular weight is 226 g/mol. The van der Waals surface area contributed by atoms with Crippen molar-refractivity contribution in [2.24, 2.45) is 0 Å². The largest absolute Gasteiger partial charge is 0.127 e. The van der Waals surface area contributed by atoms with Gasteiger partial charge in [0.05, 0.1) is 0 Å². The summed E-state index contributed by atoms with van der Waals surface area (Å²) in [6.07, 6.45) is 1.07. The Kier molecular flexibility index (Phi) is 2.56. The Labute approximate surface area is 72.0 Å². The summed E-state index contributed by atoms with van der Waals surface area (Å²) in [7, 11) is 0. The average Bonchev–Trinajstić information content (AvgIpc) is 2.13. The van der Waals surface area contributed by atoms with Crippen molar-refractivity contribution < 1.29 is 0 Å². The van der Waals surface area contributed by atoms with Gasteiger partial charge in [-0.1, -0.05) is 18.5 Å². The fraction of sp³-hybridized carbons (Fsp3) is 0.333. The minimum absolute atomic E-state index is 0.854. The van der Waals surface area contributed by atoms with E-state index in [2.05, 4.69) is 28.9 Å². The van der Waals surface area contributed by atoms with Crippen LogP contribution < -0.4 is 0 Å². The van der Waals surface area contributed by atoms with Gasteiger partial charge in [0.15, 0.2) is 0 Å². The molecule has 1 rings (SSSR count). The summed E-state index contributed by atoms with van der Waals surface area (Å²) in [5.41, 5.74) is 0. The first-order valence-corrected chi connectivity index (χ1v) is 4.66. The van der Waals surface area contributed by atoms with Crippen LogP contribution >= 0.6 is 38.9 Å². The Morgan fingerprint density at radius 3 is 2.67 bits per heavy atom. The zero-order valence-corrected chi connectivity index (χ0v) is 8.11. The topological polar surface area (TPSA) is 0 Å². The van der Waals surface area contributed by atoms with Gasteiger partial charge in [-0.3, -0.25) is 0 Å². The van der Waals surface area contributed by atoms with E-state index < -0.39 is 0 Å². The van der Waals surface area contributed by atoms with Gasteiger partial charge in [-0.05, 0) is 28.4 Å². The summed E-state index contributed by atoms with van der Waals surface area (Å²) in [5.74, 6) is 0. The summed E-state index contributed by atoms with van der Waals surface area (Å²) >= 11 is 10.7. The first-order chi connectivity index (χ1) is 4.24. The Morgan fingerprint density at radius 1 is 1.78 bits per heavy atom. The van der Waals surface area contributed by atoms with Crippen molar-refractivity contribution in [3.05, 3.63) is 19.8 Å². The maximum atomic E-state index is 5.78. The van der Waals surface area contributed by atoms with E-state index in [1.165, 1.54) is 4.88 Å². The number of aryl methyl sites for hydroxylation is 1. The fourth-order valence-electron chi connectivity index (χ4n) is 0.566. The smallest absolute Gasteiger partial charge is 0.107 e. The second-order valence-electron chi connectivity index (χ2n) is 1.69. The molecule has 0 amide bonds. The van der Waals surface area contributed by atoms with E-state index in [0.717, 1.165) is 15.2 Å². The van der Waals surface area contributed by atoms with Crippen molar-refractivity contribution in [2.75, 3.05) is 0 Å². The first kappa shape index (κ1) is 7.58. The number of thiophene rings is 1. The molecule has 0 saturated heterocycles. The molecule has 0 fully saturated rings. The van der Waals surface area contributed by atoms with E-state index in [1.807, 2.05) is 0 Å². The van der Waals surface area contributed by atoms with Gasteiger partial charge in [-0.2, -0.15) is 0 Å². The molecule has 0 aliphatic carbocycles. The van der Waals surface area contributed by atoms with Gasteiger partial charge in [0.25, 0.3) is 0 Å². The molecule has 3 heteroatoms. The molecule has 0 nitrogen and oxygen atoms in total. The molecular weight excluding hydrogens is 219 g/mol. The van der Waals surface area contributed by atoms with Crippen LogP contribution in [0.5, 0.6) is 0 Å². The lowest BCUT2D eigenvalue weighted by atomic mass is 10.4. The monoisotopic (exact) mass is 224 g/mol. The Balaban J connectivity index is 2.98. The second kappa shape index (κ2) is 3.04. The molecule has 0 aliphatic heterocycles.